The summed E-state index contributed by atoms with van der Waals surface area (Å²) in [6, 6.07) is 22.1. The van der Waals surface area contributed by atoms with Gasteiger partial charge in [0.25, 0.3) is 0 Å². The molecule has 0 atom stereocenters. The Hall–Kier alpha value is -3.86. The number of benzene rings is 2. The monoisotopic (exact) mass is 356 g/mol. The highest BCUT2D eigenvalue weighted by Gasteiger charge is 2.10. The number of ether oxygens (including phenoxy) is 2. The molecule has 0 aliphatic rings. The van der Waals surface area contributed by atoms with Gasteiger partial charge in [-0.05, 0) is 30.3 Å². The molecule has 4 aromatic rings. The predicted octanol–water partition coefficient (Wildman–Crippen LogP) is 5.43. The van der Waals surface area contributed by atoms with E-state index in [1.165, 1.54) is 6.07 Å². The van der Waals surface area contributed by atoms with Crippen molar-refractivity contribution in [1.29, 1.82) is 0 Å². The van der Waals surface area contributed by atoms with Gasteiger partial charge in [0.05, 0.1) is 12.4 Å². The smallest absolute Gasteiger partial charge is 0.149 e. The number of rotatable bonds is 5. The minimum atomic E-state index is 0.00194. The van der Waals surface area contributed by atoms with Crippen LogP contribution in [0.1, 0.15) is 0 Å². The lowest BCUT2D eigenvalue weighted by atomic mass is 10.1. The number of pyridine rings is 2. The summed E-state index contributed by atoms with van der Waals surface area (Å²) in [6.45, 7) is 0. The van der Waals surface area contributed by atoms with Crippen molar-refractivity contribution in [3.8, 4) is 40.0 Å². The fourth-order valence-electron chi connectivity index (χ4n) is 2.57. The molecule has 5 nitrogen and oxygen atoms in total. The summed E-state index contributed by atoms with van der Waals surface area (Å²) in [5.41, 5.74) is 1.05. The van der Waals surface area contributed by atoms with E-state index in [2.05, 4.69) is 9.97 Å². The van der Waals surface area contributed by atoms with Crippen LogP contribution in [-0.2, 0) is 0 Å². The van der Waals surface area contributed by atoms with Crippen molar-refractivity contribution in [2.75, 3.05) is 0 Å². The summed E-state index contributed by atoms with van der Waals surface area (Å²) in [7, 11) is 0. The molecule has 0 aliphatic carbocycles. The zero-order valence-corrected chi connectivity index (χ0v) is 14.3. The van der Waals surface area contributed by atoms with Crippen LogP contribution < -0.4 is 9.47 Å². The first-order valence-corrected chi connectivity index (χ1v) is 8.38. The summed E-state index contributed by atoms with van der Waals surface area (Å²) < 4.78 is 11.5. The Kier molecular flexibility index (Phi) is 4.66. The molecule has 0 saturated carbocycles. The summed E-state index contributed by atoms with van der Waals surface area (Å²) >= 11 is 0. The van der Waals surface area contributed by atoms with Crippen molar-refractivity contribution in [3.05, 3.63) is 91.4 Å². The van der Waals surface area contributed by atoms with E-state index < -0.39 is 0 Å². The first-order chi connectivity index (χ1) is 13.3. The minimum absolute atomic E-state index is 0.00194. The maximum Gasteiger partial charge on any atom is 0.149 e. The SMILES string of the molecule is Oc1cc(Oc2ccccc2)cnc1-c1cncc(Oc2ccccc2)c1. The maximum absolute atomic E-state index is 10.4. The molecule has 0 aliphatic heterocycles. The second-order valence-electron chi connectivity index (χ2n) is 5.78. The normalized spacial score (nSPS) is 10.4. The third-order valence-electron chi connectivity index (χ3n) is 3.79. The van der Waals surface area contributed by atoms with E-state index in [0.717, 1.165) is 0 Å². The fraction of sp³-hybridized carbons (Fsp3) is 0. The van der Waals surface area contributed by atoms with Gasteiger partial charge < -0.3 is 14.6 Å². The zero-order chi connectivity index (χ0) is 18.5. The lowest BCUT2D eigenvalue weighted by Gasteiger charge is -2.10. The first-order valence-electron chi connectivity index (χ1n) is 8.38. The molecule has 132 valence electrons. The molecule has 5 heteroatoms. The van der Waals surface area contributed by atoms with Crippen molar-refractivity contribution in [1.82, 2.24) is 9.97 Å². The standard InChI is InChI=1S/C22H16N2O3/c25-21-12-20(27-18-9-5-2-6-10-18)15-24-22(21)16-11-19(14-23-13-16)26-17-7-3-1-4-8-17/h1-15,25H. The van der Waals surface area contributed by atoms with Gasteiger partial charge in [-0.2, -0.15) is 0 Å². The molecule has 0 radical (unpaired) electrons. The van der Waals surface area contributed by atoms with Crippen LogP contribution >= 0.6 is 0 Å². The van der Waals surface area contributed by atoms with Crippen LogP contribution in [0, 0.1) is 0 Å². The molecule has 0 bridgehead atoms. The fourth-order valence-corrected chi connectivity index (χ4v) is 2.57. The predicted molar refractivity (Wildman–Crippen MR) is 102 cm³/mol. The van der Waals surface area contributed by atoms with Gasteiger partial charge in [-0.1, -0.05) is 36.4 Å². The van der Waals surface area contributed by atoms with E-state index in [9.17, 15) is 5.11 Å². The van der Waals surface area contributed by atoms with Gasteiger partial charge in [0.1, 0.15) is 34.4 Å². The number of hydrogen-bond donors (Lipinski definition) is 1. The number of nitrogens with zero attached hydrogens (tertiary/aromatic N) is 2. The molecule has 4 rings (SSSR count). The van der Waals surface area contributed by atoms with E-state index in [1.54, 1.807) is 24.7 Å². The third kappa shape index (κ3) is 4.04. The van der Waals surface area contributed by atoms with Gasteiger partial charge in [-0.3, -0.25) is 4.98 Å². The number of hydrogen-bond acceptors (Lipinski definition) is 5. The van der Waals surface area contributed by atoms with E-state index in [1.807, 2.05) is 60.7 Å². The van der Waals surface area contributed by atoms with Crippen molar-refractivity contribution in [2.45, 2.75) is 0 Å². The Morgan fingerprint density at radius 2 is 1.22 bits per heavy atom. The molecule has 27 heavy (non-hydrogen) atoms. The van der Waals surface area contributed by atoms with Gasteiger partial charge in [0.2, 0.25) is 0 Å². The Labute approximate surface area is 156 Å². The molecule has 0 spiro atoms. The van der Waals surface area contributed by atoms with Crippen LogP contribution in [-0.4, -0.2) is 15.1 Å². The molecule has 0 unspecified atom stereocenters. The number of aromatic hydroxyl groups is 1. The molecule has 0 saturated heterocycles. The molecule has 2 aromatic heterocycles. The second kappa shape index (κ2) is 7.58. The van der Waals surface area contributed by atoms with Gasteiger partial charge in [-0.15, -0.1) is 0 Å². The van der Waals surface area contributed by atoms with Crippen LogP contribution in [0.2, 0.25) is 0 Å². The molecular formula is C22H16N2O3. The van der Waals surface area contributed by atoms with E-state index >= 15 is 0 Å². The Morgan fingerprint density at radius 1 is 0.630 bits per heavy atom. The average Bonchev–Trinajstić information content (AvgIpc) is 2.70. The van der Waals surface area contributed by atoms with Crippen molar-refractivity contribution in [3.63, 3.8) is 0 Å². The largest absolute Gasteiger partial charge is 0.506 e. The van der Waals surface area contributed by atoms with Gasteiger partial charge in [0.15, 0.2) is 0 Å². The highest BCUT2D eigenvalue weighted by atomic mass is 16.5. The molecular weight excluding hydrogens is 340 g/mol. The lowest BCUT2D eigenvalue weighted by molar-refractivity contribution is 0.452. The highest BCUT2D eigenvalue weighted by molar-refractivity contribution is 5.67. The van der Waals surface area contributed by atoms with Crippen molar-refractivity contribution >= 4 is 0 Å². The molecule has 2 heterocycles. The topological polar surface area (TPSA) is 64.5 Å². The Balaban J connectivity index is 1.57. The molecule has 1 N–H and O–H groups in total. The molecule has 0 fully saturated rings. The van der Waals surface area contributed by atoms with E-state index in [-0.39, 0.29) is 5.75 Å². The second-order valence-corrected chi connectivity index (χ2v) is 5.78. The number of para-hydroxylation sites is 2. The van der Waals surface area contributed by atoms with Crippen molar-refractivity contribution < 1.29 is 14.6 Å². The van der Waals surface area contributed by atoms with Gasteiger partial charge in [-0.25, -0.2) is 4.98 Å². The maximum atomic E-state index is 10.4. The quantitative estimate of drug-likeness (QED) is 0.516. The van der Waals surface area contributed by atoms with E-state index in [4.69, 9.17) is 9.47 Å². The van der Waals surface area contributed by atoms with E-state index in [0.29, 0.717) is 34.3 Å². The average molecular weight is 356 g/mol. The van der Waals surface area contributed by atoms with Crippen LogP contribution in [0.4, 0.5) is 0 Å². The lowest BCUT2D eigenvalue weighted by Crippen LogP contribution is -1.91. The molecule has 0 amide bonds. The number of aromatic nitrogens is 2. The summed E-state index contributed by atoms with van der Waals surface area (Å²) in [5.74, 6) is 2.39. The van der Waals surface area contributed by atoms with Crippen molar-refractivity contribution in [2.24, 2.45) is 0 Å². The Bertz CT molecular complexity index is 1040. The van der Waals surface area contributed by atoms with Gasteiger partial charge in [0, 0.05) is 17.8 Å². The summed E-state index contributed by atoms with van der Waals surface area (Å²) in [5, 5.41) is 10.4. The Morgan fingerprint density at radius 3 is 1.81 bits per heavy atom. The van der Waals surface area contributed by atoms with Crippen LogP contribution in [0.5, 0.6) is 28.7 Å². The first kappa shape index (κ1) is 16.6. The summed E-state index contributed by atoms with van der Waals surface area (Å²) in [6.07, 6.45) is 4.80. The van der Waals surface area contributed by atoms with Crippen LogP contribution in [0.3, 0.4) is 0 Å². The van der Waals surface area contributed by atoms with Crippen LogP contribution in [0.25, 0.3) is 11.3 Å². The van der Waals surface area contributed by atoms with Gasteiger partial charge >= 0.3 is 0 Å². The third-order valence-corrected chi connectivity index (χ3v) is 3.79. The zero-order valence-electron chi connectivity index (χ0n) is 14.3. The molecule has 2 aromatic carbocycles. The highest BCUT2D eigenvalue weighted by Crippen LogP contribution is 2.33. The summed E-state index contributed by atoms with van der Waals surface area (Å²) in [4.78, 5) is 8.50. The van der Waals surface area contributed by atoms with Crippen LogP contribution in [0.15, 0.2) is 91.4 Å². The minimum Gasteiger partial charge on any atom is -0.506 e.